The van der Waals surface area contributed by atoms with E-state index in [4.69, 9.17) is 24.4 Å². The minimum absolute atomic E-state index is 0. The summed E-state index contributed by atoms with van der Waals surface area (Å²) < 4.78 is 37.9. The van der Waals surface area contributed by atoms with Crippen LogP contribution in [0.4, 0.5) is 10.1 Å². The second-order valence-corrected chi connectivity index (χ2v) is 11.5. The van der Waals surface area contributed by atoms with E-state index in [0.717, 1.165) is 12.0 Å². The van der Waals surface area contributed by atoms with Gasteiger partial charge in [0.15, 0.2) is 23.1 Å². The molecule has 4 rings (SSSR count). The van der Waals surface area contributed by atoms with Crippen molar-refractivity contribution in [2.45, 2.75) is 72.4 Å². The van der Waals surface area contributed by atoms with Gasteiger partial charge in [-0.1, -0.05) is 20.8 Å². The van der Waals surface area contributed by atoms with Crippen molar-refractivity contribution in [1.29, 1.82) is 5.41 Å². The molecule has 0 bridgehead atoms. The molecule has 236 valence electrons. The van der Waals surface area contributed by atoms with Crippen LogP contribution in [0.1, 0.15) is 81.4 Å². The molecular formula is C32H43BrFN3O6. The van der Waals surface area contributed by atoms with Crippen molar-refractivity contribution in [3.63, 3.8) is 0 Å². The number of rotatable bonds is 11. The van der Waals surface area contributed by atoms with Gasteiger partial charge in [-0.3, -0.25) is 10.2 Å². The summed E-state index contributed by atoms with van der Waals surface area (Å²) in [5.41, 5.74) is 2.23. The number of nitrogens with one attached hydrogen (secondary N) is 1. The number of ketones is 1. The highest BCUT2D eigenvalue weighted by atomic mass is 79.9. The molecule has 1 N–H and O–H groups in total. The van der Waals surface area contributed by atoms with Crippen molar-refractivity contribution in [2.75, 3.05) is 44.9 Å². The van der Waals surface area contributed by atoms with Gasteiger partial charge in [0.25, 0.3) is 0 Å². The van der Waals surface area contributed by atoms with Crippen molar-refractivity contribution in [2.24, 2.45) is 0 Å². The van der Waals surface area contributed by atoms with Crippen LogP contribution in [0.3, 0.4) is 0 Å². The zero-order chi connectivity index (χ0) is 30.8. The highest BCUT2D eigenvalue weighted by Crippen LogP contribution is 2.43. The number of fused-ring (bicyclic) bond motifs is 1. The average Bonchev–Trinajstić information content (AvgIpc) is 3.55. The molecule has 0 spiro atoms. The minimum Gasteiger partial charge on any atom is -0.494 e. The summed E-state index contributed by atoms with van der Waals surface area (Å²) >= 11 is 0. The zero-order valence-electron chi connectivity index (χ0n) is 26.1. The summed E-state index contributed by atoms with van der Waals surface area (Å²) in [7, 11) is 1.59. The third-order valence-electron chi connectivity index (χ3n) is 7.63. The SMILES string of the molecule is Br.CCOC(=O)C1CCCN1c1cc(C(=O)CN2Cc3cc(OCC)c(OCC)c(F)c3C2=N)cc(C(C)(C)C)c1OC. The number of hydrogen-bond acceptors (Lipinski definition) is 8. The highest BCUT2D eigenvalue weighted by molar-refractivity contribution is 8.93. The maximum Gasteiger partial charge on any atom is 0.328 e. The van der Waals surface area contributed by atoms with Gasteiger partial charge in [0.05, 0.1) is 44.7 Å². The molecule has 2 heterocycles. The molecule has 9 nitrogen and oxygen atoms in total. The molecule has 0 radical (unpaired) electrons. The third-order valence-corrected chi connectivity index (χ3v) is 7.63. The van der Waals surface area contributed by atoms with Crippen molar-refractivity contribution in [1.82, 2.24) is 4.90 Å². The van der Waals surface area contributed by atoms with Crippen LogP contribution in [0.5, 0.6) is 17.2 Å². The molecule has 11 heteroatoms. The Morgan fingerprint density at radius 3 is 2.35 bits per heavy atom. The van der Waals surface area contributed by atoms with E-state index in [1.165, 1.54) is 0 Å². The number of ether oxygens (including phenoxy) is 4. The van der Waals surface area contributed by atoms with Crippen LogP contribution >= 0.6 is 17.0 Å². The van der Waals surface area contributed by atoms with E-state index < -0.39 is 11.9 Å². The standard InChI is InChI=1S/C32H42FN3O6.BrH/c1-8-40-25-16-20-17-35(30(34)26(20)27(33)29(25)41-9-2)18-24(37)19-14-21(32(4,5)6)28(39-7)23(15-19)36-13-11-12-22(36)31(38)42-10-3;/h14-16,22,34H,8-13,17-18H2,1-7H3;1H. The second kappa shape index (κ2) is 14.0. The Morgan fingerprint density at radius 2 is 1.74 bits per heavy atom. The lowest BCUT2D eigenvalue weighted by molar-refractivity contribution is -0.144. The number of carbonyl (C=O) groups is 2. The number of esters is 1. The van der Waals surface area contributed by atoms with Crippen LogP contribution in [-0.2, 0) is 21.5 Å². The van der Waals surface area contributed by atoms with Gasteiger partial charge in [0, 0.05) is 24.2 Å². The zero-order valence-corrected chi connectivity index (χ0v) is 27.8. The first kappa shape index (κ1) is 34.2. The number of benzene rings is 2. The van der Waals surface area contributed by atoms with E-state index in [2.05, 4.69) is 0 Å². The smallest absolute Gasteiger partial charge is 0.328 e. The molecule has 2 aliphatic heterocycles. The molecule has 2 aliphatic rings. The lowest BCUT2D eigenvalue weighted by Crippen LogP contribution is -2.38. The minimum atomic E-state index is -0.654. The molecule has 43 heavy (non-hydrogen) atoms. The fourth-order valence-corrected chi connectivity index (χ4v) is 5.72. The highest BCUT2D eigenvalue weighted by Gasteiger charge is 2.37. The van der Waals surface area contributed by atoms with E-state index in [1.54, 1.807) is 44.9 Å². The van der Waals surface area contributed by atoms with Gasteiger partial charge < -0.3 is 28.7 Å². The van der Waals surface area contributed by atoms with E-state index in [9.17, 15) is 9.59 Å². The maximum atomic E-state index is 15.6. The summed E-state index contributed by atoms with van der Waals surface area (Å²) in [5, 5.41) is 8.74. The molecule has 1 saturated heterocycles. The number of carbonyl (C=O) groups excluding carboxylic acids is 2. The van der Waals surface area contributed by atoms with Crippen LogP contribution in [0.2, 0.25) is 0 Å². The van der Waals surface area contributed by atoms with Gasteiger partial charge in [-0.2, -0.15) is 0 Å². The van der Waals surface area contributed by atoms with Crippen molar-refractivity contribution in [3.05, 3.63) is 46.3 Å². The largest absolute Gasteiger partial charge is 0.494 e. The fourth-order valence-electron chi connectivity index (χ4n) is 5.72. The van der Waals surface area contributed by atoms with Gasteiger partial charge in [-0.05, 0) is 62.8 Å². The Bertz CT molecular complexity index is 1380. The second-order valence-electron chi connectivity index (χ2n) is 11.5. The normalized spacial score (nSPS) is 16.1. The monoisotopic (exact) mass is 663 g/mol. The predicted molar refractivity (Wildman–Crippen MR) is 169 cm³/mol. The van der Waals surface area contributed by atoms with E-state index in [-0.39, 0.29) is 83.4 Å². The number of Topliss-reactive ketones (excluding diaryl/α,β-unsaturated/α-hetero) is 1. The number of halogens is 2. The summed E-state index contributed by atoms with van der Waals surface area (Å²) in [5.74, 6) is -0.380. The number of amidine groups is 1. The molecule has 1 unspecified atom stereocenters. The van der Waals surface area contributed by atoms with Crippen LogP contribution in [0.15, 0.2) is 18.2 Å². The topological polar surface area (TPSA) is 101 Å². The summed E-state index contributed by atoms with van der Waals surface area (Å²) in [6.07, 6.45) is 1.45. The first-order chi connectivity index (χ1) is 20.0. The van der Waals surface area contributed by atoms with E-state index in [0.29, 0.717) is 42.1 Å². The summed E-state index contributed by atoms with van der Waals surface area (Å²) in [6.45, 7) is 13.0. The first-order valence-corrected chi connectivity index (χ1v) is 14.6. The maximum absolute atomic E-state index is 15.6. The van der Waals surface area contributed by atoms with Crippen molar-refractivity contribution in [3.8, 4) is 17.2 Å². The Labute approximate surface area is 263 Å². The van der Waals surface area contributed by atoms with Crippen molar-refractivity contribution >= 4 is 40.3 Å². The Kier molecular flexibility index (Phi) is 11.1. The molecule has 2 aromatic carbocycles. The van der Waals surface area contributed by atoms with E-state index in [1.807, 2.05) is 31.7 Å². The summed E-state index contributed by atoms with van der Waals surface area (Å²) in [6, 6.07) is 4.81. The lowest BCUT2D eigenvalue weighted by Gasteiger charge is -2.31. The van der Waals surface area contributed by atoms with Crippen LogP contribution < -0.4 is 19.1 Å². The Morgan fingerprint density at radius 1 is 1.05 bits per heavy atom. The third kappa shape index (κ3) is 6.76. The molecular weight excluding hydrogens is 621 g/mol. The number of nitrogens with zero attached hydrogens (tertiary/aromatic N) is 2. The number of anilines is 1. The van der Waals surface area contributed by atoms with Gasteiger partial charge in [-0.25, -0.2) is 9.18 Å². The predicted octanol–water partition coefficient (Wildman–Crippen LogP) is 6.06. The van der Waals surface area contributed by atoms with Gasteiger partial charge in [-0.15, -0.1) is 17.0 Å². The van der Waals surface area contributed by atoms with Crippen LogP contribution in [-0.4, -0.2) is 68.5 Å². The van der Waals surface area contributed by atoms with E-state index >= 15 is 4.39 Å². The number of methoxy groups -OCH3 is 1. The molecule has 2 aromatic rings. The number of hydrogen-bond donors (Lipinski definition) is 1. The Balaban J connectivity index is 0.00000506. The van der Waals surface area contributed by atoms with Crippen LogP contribution in [0.25, 0.3) is 0 Å². The van der Waals surface area contributed by atoms with Gasteiger partial charge in [0.1, 0.15) is 17.6 Å². The molecule has 0 aromatic heterocycles. The first-order valence-electron chi connectivity index (χ1n) is 14.6. The quantitative estimate of drug-likeness (QED) is 0.229. The molecule has 1 atom stereocenters. The Hall–Kier alpha value is -3.34. The molecule has 0 amide bonds. The van der Waals surface area contributed by atoms with Gasteiger partial charge >= 0.3 is 5.97 Å². The molecule has 1 fully saturated rings. The summed E-state index contributed by atoms with van der Waals surface area (Å²) in [4.78, 5) is 30.2. The fraction of sp³-hybridized carbons (Fsp3) is 0.531. The molecule has 0 aliphatic carbocycles. The van der Waals surface area contributed by atoms with Crippen LogP contribution in [0, 0.1) is 11.2 Å². The average molecular weight is 665 g/mol. The van der Waals surface area contributed by atoms with Crippen molar-refractivity contribution < 1.29 is 32.9 Å². The lowest BCUT2D eigenvalue weighted by atomic mass is 9.84. The van der Waals surface area contributed by atoms with Gasteiger partial charge in [0.2, 0.25) is 0 Å². The molecule has 0 saturated carbocycles.